The van der Waals surface area contributed by atoms with Gasteiger partial charge in [0.25, 0.3) is 0 Å². The van der Waals surface area contributed by atoms with E-state index >= 15 is 0 Å². The standard InChI is InChI=1S/C12H11ClN2O3/c1-3-7-15(2)12(18)14-9-6-4-5-8(13)10(9)11(16)17/h1,4-6H,7H2,2H3,(H,14,18)(H,16,17). The van der Waals surface area contributed by atoms with Crippen LogP contribution in [-0.2, 0) is 0 Å². The molecule has 18 heavy (non-hydrogen) atoms. The molecule has 0 bridgehead atoms. The number of carboxylic acids is 1. The van der Waals surface area contributed by atoms with E-state index in [1.54, 1.807) is 6.07 Å². The van der Waals surface area contributed by atoms with E-state index < -0.39 is 12.0 Å². The third kappa shape index (κ3) is 3.15. The summed E-state index contributed by atoms with van der Waals surface area (Å²) in [4.78, 5) is 24.0. The highest BCUT2D eigenvalue weighted by atomic mass is 35.5. The number of hydrogen-bond donors (Lipinski definition) is 2. The molecule has 0 aliphatic carbocycles. The van der Waals surface area contributed by atoms with Gasteiger partial charge in [0, 0.05) is 7.05 Å². The van der Waals surface area contributed by atoms with E-state index in [1.165, 1.54) is 24.1 Å². The molecule has 0 atom stereocenters. The quantitative estimate of drug-likeness (QED) is 0.824. The molecule has 0 aliphatic rings. The van der Waals surface area contributed by atoms with Gasteiger partial charge in [0.1, 0.15) is 5.56 Å². The Morgan fingerprint density at radius 1 is 1.56 bits per heavy atom. The third-order valence-electron chi connectivity index (χ3n) is 2.14. The molecule has 0 saturated heterocycles. The molecule has 0 aliphatic heterocycles. The lowest BCUT2D eigenvalue weighted by atomic mass is 10.2. The first-order valence-corrected chi connectivity index (χ1v) is 5.32. The van der Waals surface area contributed by atoms with Gasteiger partial charge in [-0.2, -0.15) is 0 Å². The zero-order valence-corrected chi connectivity index (χ0v) is 10.4. The van der Waals surface area contributed by atoms with Crippen molar-refractivity contribution in [2.45, 2.75) is 0 Å². The van der Waals surface area contributed by atoms with Gasteiger partial charge in [0.05, 0.1) is 17.3 Å². The fraction of sp³-hybridized carbons (Fsp3) is 0.167. The van der Waals surface area contributed by atoms with E-state index in [9.17, 15) is 9.59 Å². The van der Waals surface area contributed by atoms with Crippen molar-refractivity contribution in [3.05, 3.63) is 28.8 Å². The summed E-state index contributed by atoms with van der Waals surface area (Å²) >= 11 is 5.77. The number of amides is 2. The summed E-state index contributed by atoms with van der Waals surface area (Å²) < 4.78 is 0. The highest BCUT2D eigenvalue weighted by Crippen LogP contribution is 2.24. The number of hydrogen-bond acceptors (Lipinski definition) is 2. The highest BCUT2D eigenvalue weighted by molar-refractivity contribution is 6.34. The Kier molecular flexibility index (Phi) is 4.58. The SMILES string of the molecule is C#CCN(C)C(=O)Nc1cccc(Cl)c1C(=O)O. The number of nitrogens with zero attached hydrogens (tertiary/aromatic N) is 1. The first-order chi connectivity index (χ1) is 8.47. The Balaban J connectivity index is 2.99. The Bertz CT molecular complexity index is 523. The van der Waals surface area contributed by atoms with Crippen LogP contribution in [0, 0.1) is 12.3 Å². The zero-order chi connectivity index (χ0) is 13.7. The monoisotopic (exact) mass is 266 g/mol. The van der Waals surface area contributed by atoms with Crippen LogP contribution in [0.5, 0.6) is 0 Å². The second kappa shape index (κ2) is 5.94. The average molecular weight is 267 g/mol. The predicted octanol–water partition coefficient (Wildman–Crippen LogP) is 2.14. The third-order valence-corrected chi connectivity index (χ3v) is 2.46. The fourth-order valence-electron chi connectivity index (χ4n) is 1.27. The molecule has 2 amide bonds. The topological polar surface area (TPSA) is 69.6 Å². The first kappa shape index (κ1) is 13.9. The maximum absolute atomic E-state index is 11.7. The number of terminal acetylenes is 1. The number of urea groups is 1. The molecular formula is C12H11ClN2O3. The summed E-state index contributed by atoms with van der Waals surface area (Å²) in [6.07, 6.45) is 5.08. The van der Waals surface area contributed by atoms with Gasteiger partial charge >= 0.3 is 12.0 Å². The van der Waals surface area contributed by atoms with E-state index in [1.807, 2.05) is 0 Å². The molecule has 6 heteroatoms. The first-order valence-electron chi connectivity index (χ1n) is 4.94. The van der Waals surface area contributed by atoms with Crippen LogP contribution in [0.2, 0.25) is 5.02 Å². The number of halogens is 1. The van der Waals surface area contributed by atoms with E-state index in [4.69, 9.17) is 23.1 Å². The van der Waals surface area contributed by atoms with Crippen LogP contribution in [-0.4, -0.2) is 35.6 Å². The molecule has 1 aromatic rings. The van der Waals surface area contributed by atoms with Crippen LogP contribution >= 0.6 is 11.6 Å². The van der Waals surface area contributed by atoms with Gasteiger partial charge in [-0.3, -0.25) is 0 Å². The molecule has 5 nitrogen and oxygen atoms in total. The molecule has 1 aromatic carbocycles. The molecular weight excluding hydrogens is 256 g/mol. The van der Waals surface area contributed by atoms with E-state index in [2.05, 4.69) is 11.2 Å². The second-order valence-corrected chi connectivity index (χ2v) is 3.87. The maximum atomic E-state index is 11.7. The van der Waals surface area contributed by atoms with Gasteiger partial charge in [0.15, 0.2) is 0 Å². The molecule has 0 unspecified atom stereocenters. The Labute approximate surface area is 109 Å². The predicted molar refractivity (Wildman–Crippen MR) is 68.9 cm³/mol. The van der Waals surface area contributed by atoms with Gasteiger partial charge < -0.3 is 15.3 Å². The summed E-state index contributed by atoms with van der Waals surface area (Å²) in [5.74, 6) is 1.09. The molecule has 0 saturated carbocycles. The molecule has 0 fully saturated rings. The zero-order valence-electron chi connectivity index (χ0n) is 9.61. The summed E-state index contributed by atoms with van der Waals surface area (Å²) in [5, 5.41) is 11.5. The minimum Gasteiger partial charge on any atom is -0.478 e. The van der Waals surface area contributed by atoms with Crippen molar-refractivity contribution in [2.75, 3.05) is 18.9 Å². The van der Waals surface area contributed by atoms with Crippen LogP contribution in [0.15, 0.2) is 18.2 Å². The Hall–Kier alpha value is -2.19. The largest absolute Gasteiger partial charge is 0.478 e. The smallest absolute Gasteiger partial charge is 0.339 e. The molecule has 1 rings (SSSR count). The fourth-order valence-corrected chi connectivity index (χ4v) is 1.52. The van der Waals surface area contributed by atoms with Gasteiger partial charge in [-0.05, 0) is 12.1 Å². The maximum Gasteiger partial charge on any atom is 0.339 e. The van der Waals surface area contributed by atoms with Gasteiger partial charge in [-0.25, -0.2) is 9.59 Å². The van der Waals surface area contributed by atoms with Crippen molar-refractivity contribution in [1.29, 1.82) is 0 Å². The van der Waals surface area contributed by atoms with Gasteiger partial charge in [0.2, 0.25) is 0 Å². The number of rotatable bonds is 3. The Morgan fingerprint density at radius 3 is 2.78 bits per heavy atom. The van der Waals surface area contributed by atoms with Crippen molar-refractivity contribution < 1.29 is 14.7 Å². The van der Waals surface area contributed by atoms with E-state index in [0.717, 1.165) is 0 Å². The van der Waals surface area contributed by atoms with Gasteiger partial charge in [-0.1, -0.05) is 23.6 Å². The second-order valence-electron chi connectivity index (χ2n) is 3.46. The number of aromatic carboxylic acids is 1. The van der Waals surface area contributed by atoms with Crippen LogP contribution in [0.25, 0.3) is 0 Å². The minimum absolute atomic E-state index is 0.0555. The number of carbonyl (C=O) groups excluding carboxylic acids is 1. The van der Waals surface area contributed by atoms with Crippen molar-refractivity contribution >= 4 is 29.3 Å². The van der Waals surface area contributed by atoms with Gasteiger partial charge in [-0.15, -0.1) is 6.42 Å². The summed E-state index contributed by atoms with van der Waals surface area (Å²) in [5.41, 5.74) is -0.0227. The number of nitrogens with one attached hydrogen (secondary N) is 1. The summed E-state index contributed by atoms with van der Waals surface area (Å²) in [6, 6.07) is 3.94. The van der Waals surface area contributed by atoms with Crippen molar-refractivity contribution in [2.24, 2.45) is 0 Å². The van der Waals surface area contributed by atoms with Crippen molar-refractivity contribution in [3.8, 4) is 12.3 Å². The molecule has 0 aromatic heterocycles. The summed E-state index contributed by atoms with van der Waals surface area (Å²) in [6.45, 7) is 0.120. The summed E-state index contributed by atoms with van der Waals surface area (Å²) in [7, 11) is 1.50. The number of anilines is 1. The van der Waals surface area contributed by atoms with Crippen LogP contribution in [0.3, 0.4) is 0 Å². The minimum atomic E-state index is -1.21. The molecule has 0 heterocycles. The highest BCUT2D eigenvalue weighted by Gasteiger charge is 2.17. The van der Waals surface area contributed by atoms with Crippen LogP contribution in [0.1, 0.15) is 10.4 Å². The lowest BCUT2D eigenvalue weighted by molar-refractivity contribution is 0.0698. The van der Waals surface area contributed by atoms with E-state index in [-0.39, 0.29) is 22.8 Å². The molecule has 2 N–H and O–H groups in total. The molecule has 94 valence electrons. The number of carbonyl (C=O) groups is 2. The molecule has 0 spiro atoms. The van der Waals surface area contributed by atoms with Crippen LogP contribution < -0.4 is 5.32 Å². The Morgan fingerprint density at radius 2 is 2.22 bits per heavy atom. The number of benzene rings is 1. The lowest BCUT2D eigenvalue weighted by Crippen LogP contribution is -2.32. The average Bonchev–Trinajstić information content (AvgIpc) is 2.28. The number of carboxylic acid groups (broad SMARTS) is 1. The normalized spacial score (nSPS) is 9.39. The van der Waals surface area contributed by atoms with Crippen molar-refractivity contribution in [1.82, 2.24) is 4.90 Å². The van der Waals surface area contributed by atoms with E-state index in [0.29, 0.717) is 0 Å². The molecule has 0 radical (unpaired) electrons. The van der Waals surface area contributed by atoms with Crippen molar-refractivity contribution in [3.63, 3.8) is 0 Å². The lowest BCUT2D eigenvalue weighted by Gasteiger charge is -2.16. The van der Waals surface area contributed by atoms with Crippen LogP contribution in [0.4, 0.5) is 10.5 Å².